The van der Waals surface area contributed by atoms with Crippen molar-refractivity contribution >= 4 is 17.8 Å². The molecule has 2 aliphatic heterocycles. The lowest BCUT2D eigenvalue weighted by atomic mass is 9.81. The Morgan fingerprint density at radius 3 is 2.86 bits per heavy atom. The van der Waals surface area contributed by atoms with Gasteiger partial charge in [0.2, 0.25) is 0 Å². The number of amides is 2. The predicted octanol–water partition coefficient (Wildman–Crippen LogP) is 1.59. The molecule has 0 spiro atoms. The minimum absolute atomic E-state index is 0.0113. The Bertz CT molecular complexity index is 255. The van der Waals surface area contributed by atoms with Crippen LogP contribution in [0.4, 0.5) is 4.79 Å². The highest BCUT2D eigenvalue weighted by Gasteiger charge is 2.48. The number of carbonyl (C=O) groups is 1. The highest BCUT2D eigenvalue weighted by atomic mass is 32.2. The summed E-state index contributed by atoms with van der Waals surface area (Å²) in [5, 5.41) is 6.56. The Morgan fingerprint density at radius 1 is 1.50 bits per heavy atom. The van der Waals surface area contributed by atoms with E-state index in [1.54, 1.807) is 0 Å². The molecule has 2 rings (SSSR count). The Kier molecular flexibility index (Phi) is 2.41. The van der Waals surface area contributed by atoms with Gasteiger partial charge in [-0.05, 0) is 11.8 Å². The first-order valence-electron chi connectivity index (χ1n) is 5.23. The molecule has 0 aromatic heterocycles. The van der Waals surface area contributed by atoms with Crippen molar-refractivity contribution in [2.45, 2.75) is 44.5 Å². The number of hydrogen-bond donors (Lipinski definition) is 2. The molecule has 2 fully saturated rings. The van der Waals surface area contributed by atoms with E-state index in [0.29, 0.717) is 22.7 Å². The average molecular weight is 214 g/mol. The van der Waals surface area contributed by atoms with Crippen LogP contribution in [0.1, 0.15) is 27.2 Å². The van der Waals surface area contributed by atoms with Crippen LogP contribution in [0, 0.1) is 5.41 Å². The van der Waals surface area contributed by atoms with E-state index >= 15 is 0 Å². The molecular weight excluding hydrogens is 196 g/mol. The third-order valence-corrected chi connectivity index (χ3v) is 5.35. The fourth-order valence-corrected chi connectivity index (χ4v) is 4.00. The van der Waals surface area contributed by atoms with E-state index in [1.807, 2.05) is 11.8 Å². The standard InChI is InChI=1S/C10H18N2OS/c1-4-10(2,3)8-7-6(5-14-8)11-9(13)12-7/h6-8H,4-5H2,1-3H3,(H2,11,12,13)/t6-,7-,8+/m0/s1. The molecule has 2 saturated heterocycles. The van der Waals surface area contributed by atoms with Crippen molar-refractivity contribution in [3.05, 3.63) is 0 Å². The Labute approximate surface area is 89.4 Å². The molecule has 2 heterocycles. The summed E-state index contributed by atoms with van der Waals surface area (Å²) in [5.74, 6) is 1.05. The van der Waals surface area contributed by atoms with Gasteiger partial charge in [0.15, 0.2) is 0 Å². The quantitative estimate of drug-likeness (QED) is 0.685. The van der Waals surface area contributed by atoms with Crippen molar-refractivity contribution in [2.75, 3.05) is 5.75 Å². The Morgan fingerprint density at radius 2 is 2.21 bits per heavy atom. The summed E-state index contributed by atoms with van der Waals surface area (Å²) in [4.78, 5) is 11.2. The van der Waals surface area contributed by atoms with Crippen LogP contribution in [-0.4, -0.2) is 29.1 Å². The second kappa shape index (κ2) is 3.33. The van der Waals surface area contributed by atoms with Crippen LogP contribution < -0.4 is 10.6 Å². The largest absolute Gasteiger partial charge is 0.332 e. The normalized spacial score (nSPS) is 36.5. The zero-order valence-electron chi connectivity index (χ0n) is 8.96. The molecule has 0 saturated carbocycles. The summed E-state index contributed by atoms with van der Waals surface area (Å²) >= 11 is 1.99. The monoisotopic (exact) mass is 214 g/mol. The number of rotatable bonds is 2. The molecule has 3 nitrogen and oxygen atoms in total. The minimum atomic E-state index is 0.0113. The van der Waals surface area contributed by atoms with E-state index in [0.717, 1.165) is 12.2 Å². The number of fused-ring (bicyclic) bond motifs is 1. The van der Waals surface area contributed by atoms with Gasteiger partial charge in [0.25, 0.3) is 0 Å². The summed E-state index contributed by atoms with van der Waals surface area (Å²) in [5.41, 5.74) is 0.309. The fraction of sp³-hybridized carbons (Fsp3) is 0.900. The molecule has 0 aromatic rings. The third kappa shape index (κ3) is 1.49. The fourth-order valence-electron chi connectivity index (χ4n) is 2.21. The van der Waals surface area contributed by atoms with E-state index in [4.69, 9.17) is 0 Å². The maximum absolute atomic E-state index is 11.2. The Balaban J connectivity index is 2.12. The minimum Gasteiger partial charge on any atom is -0.332 e. The van der Waals surface area contributed by atoms with Gasteiger partial charge in [0.05, 0.1) is 12.1 Å². The van der Waals surface area contributed by atoms with Crippen molar-refractivity contribution in [1.29, 1.82) is 0 Å². The van der Waals surface area contributed by atoms with E-state index in [2.05, 4.69) is 31.4 Å². The maximum atomic E-state index is 11.2. The number of nitrogens with one attached hydrogen (secondary N) is 2. The maximum Gasteiger partial charge on any atom is 0.315 e. The highest BCUT2D eigenvalue weighted by molar-refractivity contribution is 8.00. The Hall–Kier alpha value is -0.380. The molecular formula is C10H18N2OS. The molecule has 2 N–H and O–H groups in total. The molecule has 0 aromatic carbocycles. The summed E-state index contributed by atoms with van der Waals surface area (Å²) in [7, 11) is 0. The van der Waals surface area contributed by atoms with Crippen LogP contribution in [0.5, 0.6) is 0 Å². The van der Waals surface area contributed by atoms with Crippen LogP contribution in [0.15, 0.2) is 0 Å². The number of carbonyl (C=O) groups excluding carboxylic acids is 1. The van der Waals surface area contributed by atoms with Crippen LogP contribution in [0.3, 0.4) is 0 Å². The van der Waals surface area contributed by atoms with Gasteiger partial charge in [-0.15, -0.1) is 0 Å². The average Bonchev–Trinajstić information content (AvgIpc) is 2.62. The SMILES string of the molecule is CCC(C)(C)[C@@H]1SC[C@@H]2NC(=O)N[C@@H]21. The lowest BCUT2D eigenvalue weighted by Crippen LogP contribution is -2.43. The summed E-state index contributed by atoms with van der Waals surface area (Å²) in [6.45, 7) is 6.80. The lowest BCUT2D eigenvalue weighted by Gasteiger charge is -2.33. The van der Waals surface area contributed by atoms with Crippen molar-refractivity contribution in [3.8, 4) is 0 Å². The van der Waals surface area contributed by atoms with Gasteiger partial charge in [0.1, 0.15) is 0 Å². The van der Waals surface area contributed by atoms with E-state index in [-0.39, 0.29) is 6.03 Å². The first kappa shape index (κ1) is 10.1. The highest BCUT2D eigenvalue weighted by Crippen LogP contribution is 2.42. The molecule has 3 atom stereocenters. The zero-order chi connectivity index (χ0) is 10.3. The summed E-state index contributed by atoms with van der Waals surface area (Å²) in [6.07, 6.45) is 1.16. The van der Waals surface area contributed by atoms with Crippen LogP contribution in [0.2, 0.25) is 0 Å². The third-order valence-electron chi connectivity index (χ3n) is 3.51. The van der Waals surface area contributed by atoms with Crippen LogP contribution in [0.25, 0.3) is 0 Å². The van der Waals surface area contributed by atoms with Gasteiger partial charge in [0, 0.05) is 11.0 Å². The van der Waals surface area contributed by atoms with Crippen molar-refractivity contribution < 1.29 is 4.79 Å². The summed E-state index contributed by atoms with van der Waals surface area (Å²) < 4.78 is 0. The summed E-state index contributed by atoms with van der Waals surface area (Å²) in [6, 6.07) is 0.697. The van der Waals surface area contributed by atoms with Crippen molar-refractivity contribution in [2.24, 2.45) is 5.41 Å². The van der Waals surface area contributed by atoms with Gasteiger partial charge in [-0.3, -0.25) is 0 Å². The first-order valence-corrected chi connectivity index (χ1v) is 6.28. The zero-order valence-corrected chi connectivity index (χ0v) is 9.78. The molecule has 0 radical (unpaired) electrons. The van der Waals surface area contributed by atoms with Gasteiger partial charge >= 0.3 is 6.03 Å². The van der Waals surface area contributed by atoms with Gasteiger partial charge in [-0.25, -0.2) is 4.79 Å². The number of hydrogen-bond acceptors (Lipinski definition) is 2. The second-order valence-electron chi connectivity index (χ2n) is 4.85. The van der Waals surface area contributed by atoms with E-state index in [9.17, 15) is 4.79 Å². The molecule has 0 aliphatic carbocycles. The molecule has 0 bridgehead atoms. The van der Waals surface area contributed by atoms with E-state index < -0.39 is 0 Å². The van der Waals surface area contributed by atoms with Crippen molar-refractivity contribution in [1.82, 2.24) is 10.6 Å². The molecule has 0 unspecified atom stereocenters. The smallest absolute Gasteiger partial charge is 0.315 e. The first-order chi connectivity index (χ1) is 6.54. The van der Waals surface area contributed by atoms with Gasteiger partial charge in [-0.2, -0.15) is 11.8 Å². The predicted molar refractivity (Wildman–Crippen MR) is 59.6 cm³/mol. The molecule has 2 aliphatic rings. The lowest BCUT2D eigenvalue weighted by molar-refractivity contribution is 0.245. The molecule has 2 amide bonds. The molecule has 80 valence electrons. The second-order valence-corrected chi connectivity index (χ2v) is 6.02. The number of urea groups is 1. The topological polar surface area (TPSA) is 41.1 Å². The van der Waals surface area contributed by atoms with Crippen LogP contribution >= 0.6 is 11.8 Å². The van der Waals surface area contributed by atoms with Crippen molar-refractivity contribution in [3.63, 3.8) is 0 Å². The van der Waals surface area contributed by atoms with Gasteiger partial charge in [-0.1, -0.05) is 20.8 Å². The van der Waals surface area contributed by atoms with Crippen LogP contribution in [-0.2, 0) is 0 Å². The number of thioether (sulfide) groups is 1. The van der Waals surface area contributed by atoms with Gasteiger partial charge < -0.3 is 10.6 Å². The molecule has 14 heavy (non-hydrogen) atoms. The van der Waals surface area contributed by atoms with E-state index in [1.165, 1.54) is 0 Å². The molecule has 4 heteroatoms.